The summed E-state index contributed by atoms with van der Waals surface area (Å²) in [6.07, 6.45) is 1.97. The summed E-state index contributed by atoms with van der Waals surface area (Å²) in [6, 6.07) is 18.4. The lowest BCUT2D eigenvalue weighted by Crippen LogP contribution is -1.99. The highest BCUT2D eigenvalue weighted by Gasteiger charge is 2.04. The van der Waals surface area contributed by atoms with Crippen LogP contribution in [0.4, 0.5) is 5.69 Å². The van der Waals surface area contributed by atoms with Crippen LogP contribution in [0.15, 0.2) is 60.8 Å². The van der Waals surface area contributed by atoms with Crippen LogP contribution in [0, 0.1) is 0 Å². The molecule has 0 aliphatic rings. The second-order valence-corrected chi connectivity index (χ2v) is 4.62. The summed E-state index contributed by atoms with van der Waals surface area (Å²) >= 11 is 0. The molecule has 100 valence electrons. The van der Waals surface area contributed by atoms with E-state index in [0.717, 1.165) is 23.5 Å². The average Bonchev–Trinajstić information content (AvgIpc) is 2.97. The Bertz CT molecular complexity index is 688. The highest BCUT2D eigenvalue weighted by atomic mass is 15.4. The number of aromatic nitrogens is 3. The van der Waals surface area contributed by atoms with Crippen LogP contribution in [0.2, 0.25) is 0 Å². The minimum Gasteiger partial charge on any atom is -0.388 e. The molecule has 0 saturated heterocycles. The summed E-state index contributed by atoms with van der Waals surface area (Å²) in [5.74, 6) is 0. The second kappa shape index (κ2) is 5.57. The predicted molar refractivity (Wildman–Crippen MR) is 80.5 cm³/mol. The van der Waals surface area contributed by atoms with Gasteiger partial charge in [-0.15, -0.1) is 5.10 Å². The lowest BCUT2D eigenvalue weighted by Gasteiger charge is -2.01. The third kappa shape index (κ3) is 2.69. The number of anilines is 1. The van der Waals surface area contributed by atoms with Crippen molar-refractivity contribution >= 4 is 5.69 Å². The maximum atomic E-state index is 4.24. The molecule has 0 spiro atoms. The van der Waals surface area contributed by atoms with E-state index in [-0.39, 0.29) is 0 Å². The van der Waals surface area contributed by atoms with Gasteiger partial charge in [-0.05, 0) is 17.7 Å². The first-order chi connectivity index (χ1) is 9.85. The van der Waals surface area contributed by atoms with Crippen molar-refractivity contribution in [3.05, 3.63) is 66.4 Å². The number of benzene rings is 2. The van der Waals surface area contributed by atoms with Gasteiger partial charge in [-0.25, -0.2) is 4.68 Å². The highest BCUT2D eigenvalue weighted by Crippen LogP contribution is 2.20. The SMILES string of the molecule is CNc1cccc(-c2cn(Cc3ccccc3)nn2)c1. The Morgan fingerprint density at radius 3 is 2.70 bits per heavy atom. The van der Waals surface area contributed by atoms with E-state index in [1.54, 1.807) is 0 Å². The Labute approximate surface area is 118 Å². The lowest BCUT2D eigenvalue weighted by atomic mass is 10.1. The van der Waals surface area contributed by atoms with Crippen LogP contribution in [0.3, 0.4) is 0 Å². The van der Waals surface area contributed by atoms with Gasteiger partial charge in [0.25, 0.3) is 0 Å². The molecule has 0 atom stereocenters. The zero-order valence-corrected chi connectivity index (χ0v) is 11.3. The van der Waals surface area contributed by atoms with Gasteiger partial charge in [-0.2, -0.15) is 0 Å². The van der Waals surface area contributed by atoms with Gasteiger partial charge >= 0.3 is 0 Å². The zero-order chi connectivity index (χ0) is 13.8. The molecule has 0 bridgehead atoms. The maximum absolute atomic E-state index is 4.24. The van der Waals surface area contributed by atoms with E-state index in [1.807, 2.05) is 54.3 Å². The third-order valence-corrected chi connectivity index (χ3v) is 3.17. The van der Waals surface area contributed by atoms with Crippen molar-refractivity contribution in [1.82, 2.24) is 15.0 Å². The molecular formula is C16H16N4. The normalized spacial score (nSPS) is 10.4. The van der Waals surface area contributed by atoms with Gasteiger partial charge in [0.1, 0.15) is 5.69 Å². The zero-order valence-electron chi connectivity index (χ0n) is 11.3. The molecule has 0 aliphatic carbocycles. The Balaban J connectivity index is 1.83. The van der Waals surface area contributed by atoms with Crippen molar-refractivity contribution in [3.8, 4) is 11.3 Å². The summed E-state index contributed by atoms with van der Waals surface area (Å²) in [7, 11) is 1.91. The van der Waals surface area contributed by atoms with Crippen molar-refractivity contribution in [2.45, 2.75) is 6.54 Å². The van der Waals surface area contributed by atoms with E-state index in [9.17, 15) is 0 Å². The summed E-state index contributed by atoms with van der Waals surface area (Å²) in [5.41, 5.74) is 4.24. The standard InChI is InChI=1S/C16H16N4/c1-17-15-9-5-8-14(10-15)16-12-20(19-18-16)11-13-6-3-2-4-7-13/h2-10,12,17H,11H2,1H3. The molecule has 3 rings (SSSR count). The summed E-state index contributed by atoms with van der Waals surface area (Å²) in [5, 5.41) is 11.6. The molecule has 1 aromatic heterocycles. The quantitative estimate of drug-likeness (QED) is 0.787. The van der Waals surface area contributed by atoms with Crippen LogP contribution in [-0.2, 0) is 6.54 Å². The van der Waals surface area contributed by atoms with Gasteiger partial charge in [0.15, 0.2) is 0 Å². The van der Waals surface area contributed by atoms with Crippen molar-refractivity contribution in [2.24, 2.45) is 0 Å². The van der Waals surface area contributed by atoms with E-state index < -0.39 is 0 Å². The Kier molecular flexibility index (Phi) is 3.46. The number of nitrogens with zero attached hydrogens (tertiary/aromatic N) is 3. The number of hydrogen-bond donors (Lipinski definition) is 1. The summed E-state index contributed by atoms with van der Waals surface area (Å²) in [4.78, 5) is 0. The van der Waals surface area contributed by atoms with Gasteiger partial charge in [0.05, 0.1) is 12.7 Å². The van der Waals surface area contributed by atoms with Gasteiger partial charge < -0.3 is 5.32 Å². The van der Waals surface area contributed by atoms with E-state index in [4.69, 9.17) is 0 Å². The largest absolute Gasteiger partial charge is 0.388 e. The van der Waals surface area contributed by atoms with Crippen molar-refractivity contribution in [3.63, 3.8) is 0 Å². The molecule has 4 heteroatoms. The average molecular weight is 264 g/mol. The molecule has 0 amide bonds. The molecule has 0 radical (unpaired) electrons. The monoisotopic (exact) mass is 264 g/mol. The summed E-state index contributed by atoms with van der Waals surface area (Å²) in [6.45, 7) is 0.736. The van der Waals surface area contributed by atoms with Gasteiger partial charge in [-0.1, -0.05) is 47.7 Å². The minimum atomic E-state index is 0.736. The Hall–Kier alpha value is -2.62. The van der Waals surface area contributed by atoms with Crippen molar-refractivity contribution in [2.75, 3.05) is 12.4 Å². The molecule has 20 heavy (non-hydrogen) atoms. The third-order valence-electron chi connectivity index (χ3n) is 3.17. The van der Waals surface area contributed by atoms with Crippen molar-refractivity contribution < 1.29 is 0 Å². The fourth-order valence-corrected chi connectivity index (χ4v) is 2.11. The molecule has 2 aromatic carbocycles. The van der Waals surface area contributed by atoms with E-state index >= 15 is 0 Å². The molecular weight excluding hydrogens is 248 g/mol. The first-order valence-corrected chi connectivity index (χ1v) is 6.57. The van der Waals surface area contributed by atoms with Gasteiger partial charge in [0, 0.05) is 18.3 Å². The highest BCUT2D eigenvalue weighted by molar-refractivity contribution is 5.64. The molecule has 4 nitrogen and oxygen atoms in total. The van der Waals surface area contributed by atoms with E-state index in [2.05, 4.69) is 33.8 Å². The van der Waals surface area contributed by atoms with E-state index in [0.29, 0.717) is 0 Å². The molecule has 0 aliphatic heterocycles. The molecule has 0 fully saturated rings. The number of hydrogen-bond acceptors (Lipinski definition) is 3. The molecule has 3 aromatic rings. The maximum Gasteiger partial charge on any atom is 0.113 e. The lowest BCUT2D eigenvalue weighted by molar-refractivity contribution is 0.650. The second-order valence-electron chi connectivity index (χ2n) is 4.62. The fourth-order valence-electron chi connectivity index (χ4n) is 2.11. The molecule has 1 heterocycles. The van der Waals surface area contributed by atoms with Crippen LogP contribution >= 0.6 is 0 Å². The molecule has 1 N–H and O–H groups in total. The topological polar surface area (TPSA) is 42.7 Å². The smallest absolute Gasteiger partial charge is 0.113 e. The van der Waals surface area contributed by atoms with Crippen molar-refractivity contribution in [1.29, 1.82) is 0 Å². The van der Waals surface area contributed by atoms with Crippen LogP contribution in [0.25, 0.3) is 11.3 Å². The minimum absolute atomic E-state index is 0.736. The Morgan fingerprint density at radius 2 is 1.90 bits per heavy atom. The fraction of sp³-hybridized carbons (Fsp3) is 0.125. The first-order valence-electron chi connectivity index (χ1n) is 6.57. The van der Waals surface area contributed by atoms with Gasteiger partial charge in [-0.3, -0.25) is 0 Å². The first kappa shape index (κ1) is 12.4. The molecule has 0 unspecified atom stereocenters. The summed E-state index contributed by atoms with van der Waals surface area (Å²) < 4.78 is 1.86. The van der Waals surface area contributed by atoms with E-state index in [1.165, 1.54) is 5.56 Å². The number of nitrogens with one attached hydrogen (secondary N) is 1. The van der Waals surface area contributed by atoms with Crippen LogP contribution < -0.4 is 5.32 Å². The molecule has 0 saturated carbocycles. The predicted octanol–water partition coefficient (Wildman–Crippen LogP) is 3.04. The van der Waals surface area contributed by atoms with Crippen LogP contribution in [-0.4, -0.2) is 22.0 Å². The Morgan fingerprint density at radius 1 is 1.05 bits per heavy atom. The van der Waals surface area contributed by atoms with Crippen LogP contribution in [0.5, 0.6) is 0 Å². The van der Waals surface area contributed by atoms with Crippen LogP contribution in [0.1, 0.15) is 5.56 Å². The number of rotatable bonds is 4. The van der Waals surface area contributed by atoms with Gasteiger partial charge in [0.2, 0.25) is 0 Å².